The zero-order chi connectivity index (χ0) is 8.44. The van der Waals surface area contributed by atoms with Gasteiger partial charge in [0.2, 0.25) is 0 Å². The van der Waals surface area contributed by atoms with Gasteiger partial charge in [-0.15, -0.1) is 0 Å². The Morgan fingerprint density at radius 1 is 1.00 bits per heavy atom. The van der Waals surface area contributed by atoms with E-state index in [0.29, 0.717) is 0 Å². The number of alkyl halides is 1. The highest BCUT2D eigenvalue weighted by Gasteiger charge is 2.47. The van der Waals surface area contributed by atoms with Crippen molar-refractivity contribution >= 4 is 15.9 Å². The Labute approximate surface area is 84.2 Å². The average molecular weight is 231 g/mol. The highest BCUT2D eigenvalue weighted by Crippen LogP contribution is 2.56. The van der Waals surface area contributed by atoms with Gasteiger partial charge in [0, 0.05) is 5.33 Å². The zero-order valence-electron chi connectivity index (χ0n) is 7.82. The van der Waals surface area contributed by atoms with Crippen molar-refractivity contribution in [1.82, 2.24) is 0 Å². The van der Waals surface area contributed by atoms with E-state index in [-0.39, 0.29) is 0 Å². The topological polar surface area (TPSA) is 0 Å². The number of rotatable bonds is 2. The number of halogens is 1. The van der Waals surface area contributed by atoms with Crippen LogP contribution in [0.15, 0.2) is 0 Å². The summed E-state index contributed by atoms with van der Waals surface area (Å²) in [6, 6.07) is 0. The molecular formula is C11H19Br. The average Bonchev–Trinajstić information content (AvgIpc) is 2.90. The molecular weight excluding hydrogens is 212 g/mol. The monoisotopic (exact) mass is 230 g/mol. The highest BCUT2D eigenvalue weighted by atomic mass is 79.9. The lowest BCUT2D eigenvalue weighted by molar-refractivity contribution is 0.305. The zero-order valence-corrected chi connectivity index (χ0v) is 9.41. The Morgan fingerprint density at radius 3 is 2.00 bits per heavy atom. The van der Waals surface area contributed by atoms with Crippen LogP contribution in [0.25, 0.3) is 0 Å². The molecule has 2 fully saturated rings. The van der Waals surface area contributed by atoms with Crippen LogP contribution < -0.4 is 0 Å². The molecule has 2 saturated carbocycles. The fraction of sp³-hybridized carbons (Fsp3) is 1.00. The van der Waals surface area contributed by atoms with E-state index in [4.69, 9.17) is 0 Å². The van der Waals surface area contributed by atoms with Crippen LogP contribution in [0.1, 0.15) is 51.4 Å². The standard InChI is InChI=1S/C11H19Br/c12-9-11(7-8-11)10-5-3-1-2-4-6-10/h10H,1-9H2. The summed E-state index contributed by atoms with van der Waals surface area (Å²) < 4.78 is 0. The van der Waals surface area contributed by atoms with Gasteiger partial charge >= 0.3 is 0 Å². The minimum atomic E-state index is 0.768. The van der Waals surface area contributed by atoms with Crippen LogP contribution in [0.3, 0.4) is 0 Å². The van der Waals surface area contributed by atoms with Crippen LogP contribution in [-0.2, 0) is 0 Å². The second-order valence-electron chi connectivity index (χ2n) is 4.68. The predicted molar refractivity (Wildman–Crippen MR) is 56.7 cm³/mol. The van der Waals surface area contributed by atoms with E-state index in [2.05, 4.69) is 15.9 Å². The summed E-state index contributed by atoms with van der Waals surface area (Å²) in [5.74, 6) is 1.07. The summed E-state index contributed by atoms with van der Waals surface area (Å²) >= 11 is 3.69. The summed E-state index contributed by atoms with van der Waals surface area (Å²) in [5, 5.41) is 1.27. The second kappa shape index (κ2) is 3.69. The molecule has 0 spiro atoms. The Kier molecular flexibility index (Phi) is 2.78. The van der Waals surface area contributed by atoms with Crippen LogP contribution in [0.4, 0.5) is 0 Å². The predicted octanol–water partition coefficient (Wildman–Crippen LogP) is 4.13. The summed E-state index contributed by atoms with van der Waals surface area (Å²) in [4.78, 5) is 0. The Hall–Kier alpha value is 0.480. The van der Waals surface area contributed by atoms with E-state index >= 15 is 0 Å². The molecule has 1 heteroatoms. The summed E-state index contributed by atoms with van der Waals surface area (Å²) in [6.45, 7) is 0. The summed E-state index contributed by atoms with van der Waals surface area (Å²) in [6.07, 6.45) is 12.0. The maximum Gasteiger partial charge on any atom is 0.00906 e. The molecule has 0 amide bonds. The van der Waals surface area contributed by atoms with E-state index in [1.165, 1.54) is 56.7 Å². The molecule has 70 valence electrons. The molecule has 0 bridgehead atoms. The smallest absolute Gasteiger partial charge is 0.00906 e. The van der Waals surface area contributed by atoms with Crippen molar-refractivity contribution in [3.63, 3.8) is 0 Å². The molecule has 0 N–H and O–H groups in total. The Morgan fingerprint density at radius 2 is 1.58 bits per heavy atom. The van der Waals surface area contributed by atoms with Gasteiger partial charge in [-0.2, -0.15) is 0 Å². The van der Waals surface area contributed by atoms with Gasteiger partial charge in [0.1, 0.15) is 0 Å². The largest absolute Gasteiger partial charge is 0.0922 e. The van der Waals surface area contributed by atoms with Gasteiger partial charge in [-0.3, -0.25) is 0 Å². The van der Waals surface area contributed by atoms with E-state index in [9.17, 15) is 0 Å². The lowest BCUT2D eigenvalue weighted by Gasteiger charge is -2.23. The van der Waals surface area contributed by atoms with Crippen LogP contribution >= 0.6 is 15.9 Å². The summed E-state index contributed by atoms with van der Waals surface area (Å²) in [7, 11) is 0. The van der Waals surface area contributed by atoms with Crippen LogP contribution in [0, 0.1) is 11.3 Å². The first-order chi connectivity index (χ1) is 5.87. The number of hydrogen-bond acceptors (Lipinski definition) is 0. The maximum absolute atomic E-state index is 3.69. The van der Waals surface area contributed by atoms with Crippen molar-refractivity contribution in [3.05, 3.63) is 0 Å². The Balaban J connectivity index is 1.92. The maximum atomic E-state index is 3.69. The van der Waals surface area contributed by atoms with Gasteiger partial charge in [-0.1, -0.05) is 41.6 Å². The van der Waals surface area contributed by atoms with Gasteiger partial charge in [0.05, 0.1) is 0 Å². The van der Waals surface area contributed by atoms with Crippen molar-refractivity contribution < 1.29 is 0 Å². The minimum absolute atomic E-state index is 0.768. The van der Waals surface area contributed by atoms with Crippen LogP contribution in [-0.4, -0.2) is 5.33 Å². The lowest BCUT2D eigenvalue weighted by Crippen LogP contribution is -2.16. The molecule has 0 atom stereocenters. The molecule has 0 nitrogen and oxygen atoms in total. The molecule has 0 aromatic heterocycles. The second-order valence-corrected chi connectivity index (χ2v) is 5.25. The minimum Gasteiger partial charge on any atom is -0.0922 e. The van der Waals surface area contributed by atoms with E-state index in [0.717, 1.165) is 11.3 Å². The highest BCUT2D eigenvalue weighted by molar-refractivity contribution is 9.09. The van der Waals surface area contributed by atoms with E-state index in [1.807, 2.05) is 0 Å². The third kappa shape index (κ3) is 1.71. The quantitative estimate of drug-likeness (QED) is 0.495. The van der Waals surface area contributed by atoms with Crippen molar-refractivity contribution in [1.29, 1.82) is 0 Å². The fourth-order valence-electron chi connectivity index (χ4n) is 2.70. The molecule has 0 aromatic carbocycles. The molecule has 2 aliphatic carbocycles. The van der Waals surface area contributed by atoms with Gasteiger partial charge < -0.3 is 0 Å². The fourth-order valence-corrected chi connectivity index (χ4v) is 3.72. The third-order valence-corrected chi connectivity index (χ3v) is 5.00. The van der Waals surface area contributed by atoms with Crippen molar-refractivity contribution in [2.75, 3.05) is 5.33 Å². The van der Waals surface area contributed by atoms with Crippen molar-refractivity contribution in [3.8, 4) is 0 Å². The lowest BCUT2D eigenvalue weighted by atomic mass is 9.85. The molecule has 0 aromatic rings. The normalized spacial score (nSPS) is 29.8. The van der Waals surface area contributed by atoms with E-state index in [1.54, 1.807) is 0 Å². The first-order valence-corrected chi connectivity index (χ1v) is 6.55. The Bertz CT molecular complexity index is 141. The SMILES string of the molecule is BrCC1(C2CCCCCC2)CC1. The molecule has 0 radical (unpaired) electrons. The van der Waals surface area contributed by atoms with Gasteiger partial charge in [0.25, 0.3) is 0 Å². The molecule has 12 heavy (non-hydrogen) atoms. The van der Waals surface area contributed by atoms with E-state index < -0.39 is 0 Å². The molecule has 0 saturated heterocycles. The third-order valence-electron chi connectivity index (χ3n) is 3.88. The first-order valence-electron chi connectivity index (χ1n) is 5.43. The first kappa shape index (κ1) is 9.05. The molecule has 0 heterocycles. The van der Waals surface area contributed by atoms with Gasteiger partial charge in [-0.25, -0.2) is 0 Å². The molecule has 0 unspecified atom stereocenters. The molecule has 2 aliphatic rings. The van der Waals surface area contributed by atoms with Gasteiger partial charge in [-0.05, 0) is 37.0 Å². The van der Waals surface area contributed by atoms with Gasteiger partial charge in [0.15, 0.2) is 0 Å². The molecule has 2 rings (SSSR count). The number of hydrogen-bond donors (Lipinski definition) is 0. The molecule has 0 aliphatic heterocycles. The van der Waals surface area contributed by atoms with Crippen LogP contribution in [0.5, 0.6) is 0 Å². The summed E-state index contributed by atoms with van der Waals surface area (Å²) in [5.41, 5.74) is 0.768. The van der Waals surface area contributed by atoms with Crippen LogP contribution in [0.2, 0.25) is 0 Å². The van der Waals surface area contributed by atoms with Crippen molar-refractivity contribution in [2.45, 2.75) is 51.4 Å². The van der Waals surface area contributed by atoms with Crippen molar-refractivity contribution in [2.24, 2.45) is 11.3 Å².